The van der Waals surface area contributed by atoms with E-state index in [0.717, 1.165) is 30.3 Å². The first-order valence-corrected chi connectivity index (χ1v) is 27.6. The topological polar surface area (TPSA) is 546 Å². The number of nitrogens with zero attached hydrogens (tertiary/aromatic N) is 4. The van der Waals surface area contributed by atoms with Crippen molar-refractivity contribution in [1.29, 1.82) is 0 Å². The van der Waals surface area contributed by atoms with Crippen molar-refractivity contribution < 1.29 is 114 Å². The van der Waals surface area contributed by atoms with Crippen molar-refractivity contribution in [2.24, 2.45) is 10.2 Å². The van der Waals surface area contributed by atoms with Gasteiger partial charge < -0.3 is 0 Å². The number of benzene rings is 4. The lowest BCUT2D eigenvalue weighted by Gasteiger charge is -2.19. The van der Waals surface area contributed by atoms with Crippen molar-refractivity contribution >= 4 is 116 Å². The molecule has 0 amide bonds. The van der Waals surface area contributed by atoms with E-state index < -0.39 is 169 Å². The predicted molar refractivity (Wildman–Crippen MR) is 218 cm³/mol. The van der Waals surface area contributed by atoms with Gasteiger partial charge in [-0.2, -0.15) is 67.3 Å². The standard InChI is InChI=1S/C28H20N4O28S8/c33-31(34)19(14-9-5-2-6-10-14)20(32(35)36)16-18(24(64(46,47)48)28(68(58,59)60)26(66(52,53)54)22(16)62(40,41)42)30-29-17-15(12-11-13-7-3-1-4-8-13)21(61(37,38)39)25(65(49,50)51)27(67(55,56)57)23(17)63(43,44)45/h1-12H,(H,37,38,39)(H,40,41,42)(H,43,44,45)(H,46,47,48)(H,49,50,51)(H,52,53,54)(H,55,56,57)(H,58,59,60). The highest BCUT2D eigenvalue weighted by atomic mass is 32.3. The molecule has 4 rings (SSSR count). The van der Waals surface area contributed by atoms with Gasteiger partial charge in [0.05, 0.1) is 15.4 Å². The minimum Gasteiger partial charge on any atom is -0.282 e. The first-order chi connectivity index (χ1) is 30.6. The Kier molecular flexibility index (Phi) is 14.6. The Morgan fingerprint density at radius 2 is 0.706 bits per heavy atom. The Balaban J connectivity index is 2.77. The summed E-state index contributed by atoms with van der Waals surface area (Å²) in [6.45, 7) is 0. The second-order valence-electron chi connectivity index (χ2n) is 12.4. The molecular formula is C28H20N4O28S8. The zero-order valence-electron chi connectivity index (χ0n) is 31.7. The van der Waals surface area contributed by atoms with Crippen molar-refractivity contribution in [2.45, 2.75) is 39.2 Å². The highest BCUT2D eigenvalue weighted by Gasteiger charge is 2.50. The maximum absolute atomic E-state index is 13.2. The maximum Gasteiger partial charge on any atom is 0.357 e. The van der Waals surface area contributed by atoms with Crippen LogP contribution in [0.2, 0.25) is 0 Å². The van der Waals surface area contributed by atoms with Gasteiger partial charge in [0.25, 0.3) is 80.9 Å². The van der Waals surface area contributed by atoms with Crippen molar-refractivity contribution in [3.05, 3.63) is 103 Å². The van der Waals surface area contributed by atoms with Crippen LogP contribution < -0.4 is 0 Å². The number of hydrogen-bond donors (Lipinski definition) is 8. The van der Waals surface area contributed by atoms with E-state index in [4.69, 9.17) is 0 Å². The zero-order valence-corrected chi connectivity index (χ0v) is 38.3. The van der Waals surface area contributed by atoms with E-state index in [1.807, 2.05) is 0 Å². The summed E-state index contributed by atoms with van der Waals surface area (Å²) in [6.07, 6.45) is 0.600. The minimum absolute atomic E-state index is 0.0613. The molecular weight excluding hydrogens is 1100 g/mol. The number of nitro groups is 2. The number of hydrogen-bond acceptors (Lipinski definition) is 22. The van der Waals surface area contributed by atoms with Gasteiger partial charge in [-0.3, -0.25) is 56.7 Å². The van der Waals surface area contributed by atoms with Crippen LogP contribution in [0.1, 0.15) is 22.3 Å². The molecule has 0 saturated carbocycles. The van der Waals surface area contributed by atoms with Gasteiger partial charge in [0.15, 0.2) is 0 Å². The lowest BCUT2D eigenvalue weighted by Crippen LogP contribution is -2.22. The van der Waals surface area contributed by atoms with Gasteiger partial charge in [-0.05, 0) is 17.7 Å². The summed E-state index contributed by atoms with van der Waals surface area (Å²) in [6, 6.07) is 9.70. The highest BCUT2D eigenvalue weighted by Crippen LogP contribution is 2.50. The van der Waals surface area contributed by atoms with Crippen molar-refractivity contribution in [3.63, 3.8) is 0 Å². The molecule has 0 aromatic heterocycles. The fourth-order valence-corrected chi connectivity index (χ4v) is 15.6. The molecule has 0 aliphatic rings. The third-order valence-electron chi connectivity index (χ3n) is 8.06. The summed E-state index contributed by atoms with van der Waals surface area (Å²) in [4.78, 5) is -2.59. The molecule has 0 unspecified atom stereocenters. The van der Waals surface area contributed by atoms with Crippen LogP contribution in [-0.2, 0) is 80.9 Å². The van der Waals surface area contributed by atoms with Gasteiger partial charge in [-0.15, -0.1) is 10.2 Å². The van der Waals surface area contributed by atoms with Crippen LogP contribution in [0.5, 0.6) is 0 Å². The first kappa shape index (κ1) is 54.6. The fourth-order valence-electron chi connectivity index (χ4n) is 5.87. The van der Waals surface area contributed by atoms with Crippen molar-refractivity contribution in [3.8, 4) is 0 Å². The Hall–Kier alpha value is -5.96. The Morgan fingerprint density at radius 3 is 1.06 bits per heavy atom. The summed E-state index contributed by atoms with van der Waals surface area (Å²) in [7, 11) is -55.5. The molecule has 0 radical (unpaired) electrons. The molecule has 0 atom stereocenters. The van der Waals surface area contributed by atoms with Crippen LogP contribution in [0, 0.1) is 20.2 Å². The Labute approximate surface area is 379 Å². The maximum atomic E-state index is 13.2. The number of rotatable bonds is 16. The smallest absolute Gasteiger partial charge is 0.282 e. The summed E-state index contributed by atoms with van der Waals surface area (Å²) in [5.74, 6) is 0. The van der Waals surface area contributed by atoms with Gasteiger partial charge in [0.2, 0.25) is 0 Å². The van der Waals surface area contributed by atoms with Gasteiger partial charge in [-0.1, -0.05) is 60.7 Å². The van der Waals surface area contributed by atoms with Crippen LogP contribution in [0.4, 0.5) is 11.4 Å². The molecule has 8 N–H and O–H groups in total. The minimum atomic E-state index is -7.10. The highest BCUT2D eigenvalue weighted by molar-refractivity contribution is 7.92. The molecule has 0 saturated heterocycles. The Bertz CT molecular complexity index is 3910. The van der Waals surface area contributed by atoms with Crippen LogP contribution in [0.3, 0.4) is 0 Å². The fraction of sp³-hybridized carbons (Fsp3) is 0. The van der Waals surface area contributed by atoms with Crippen LogP contribution in [0.25, 0.3) is 23.5 Å². The van der Waals surface area contributed by atoms with Crippen LogP contribution in [-0.4, -0.2) is 114 Å². The van der Waals surface area contributed by atoms with E-state index in [9.17, 15) is 124 Å². The third kappa shape index (κ3) is 11.3. The van der Waals surface area contributed by atoms with Crippen molar-refractivity contribution in [2.75, 3.05) is 0 Å². The van der Waals surface area contributed by atoms with E-state index in [0.29, 0.717) is 18.2 Å². The average Bonchev–Trinajstić information content (AvgIpc) is 3.14. The predicted octanol–water partition coefficient (Wildman–Crippen LogP) is 1.63. The second kappa shape index (κ2) is 18.2. The normalized spacial score (nSPS) is 14.0. The van der Waals surface area contributed by atoms with Crippen LogP contribution in [0.15, 0.2) is 110 Å². The molecule has 4 aromatic rings. The second-order valence-corrected chi connectivity index (χ2v) is 23.3. The average molecular weight is 1120 g/mol. The summed E-state index contributed by atoms with van der Waals surface area (Å²) >= 11 is 0. The van der Waals surface area contributed by atoms with Crippen molar-refractivity contribution in [1.82, 2.24) is 0 Å². The van der Waals surface area contributed by atoms with E-state index in [1.165, 1.54) is 18.2 Å². The molecule has 0 heterocycles. The molecule has 0 bridgehead atoms. The van der Waals surface area contributed by atoms with Crippen LogP contribution >= 0.6 is 0 Å². The van der Waals surface area contributed by atoms with Gasteiger partial charge in [-0.25, -0.2) is 0 Å². The van der Waals surface area contributed by atoms with E-state index in [1.54, 1.807) is 0 Å². The monoisotopic (exact) mass is 1120 g/mol. The quantitative estimate of drug-likeness (QED) is 0.0260. The SMILES string of the molecule is O=[N+]([O-])C(=C(c1c(N=Nc2c(C=Cc3ccccc3)c(S(=O)(=O)O)c(S(=O)(=O)O)c(S(=O)(=O)O)c2S(=O)(=O)O)c(S(=O)(=O)O)c(S(=O)(=O)O)c(S(=O)(=O)O)c1S(=O)(=O)O)[N+](=O)[O-])c1ccccc1. The zero-order chi connectivity index (χ0) is 52.3. The lowest BCUT2D eigenvalue weighted by atomic mass is 10.0. The molecule has 40 heteroatoms. The van der Waals surface area contributed by atoms with Gasteiger partial charge in [0.1, 0.15) is 56.1 Å². The van der Waals surface area contributed by atoms with E-state index >= 15 is 0 Å². The summed E-state index contributed by atoms with van der Waals surface area (Å²) in [5, 5.41) is 31.2. The first-order valence-electron chi connectivity index (χ1n) is 16.1. The molecule has 0 fully saturated rings. The summed E-state index contributed by atoms with van der Waals surface area (Å²) < 4.78 is 289. The van der Waals surface area contributed by atoms with E-state index in [-0.39, 0.29) is 11.6 Å². The van der Waals surface area contributed by atoms with E-state index in [2.05, 4.69) is 10.2 Å². The number of azo groups is 1. The third-order valence-corrected chi connectivity index (χ3v) is 16.2. The van der Waals surface area contributed by atoms with Gasteiger partial charge >= 0.3 is 11.4 Å². The van der Waals surface area contributed by atoms with Gasteiger partial charge in [0, 0.05) is 5.56 Å². The molecule has 0 aliphatic carbocycles. The Morgan fingerprint density at radius 1 is 0.397 bits per heavy atom. The molecule has 32 nitrogen and oxygen atoms in total. The molecule has 68 heavy (non-hydrogen) atoms. The molecule has 368 valence electrons. The molecule has 4 aromatic carbocycles. The largest absolute Gasteiger partial charge is 0.357 e. The molecule has 0 aliphatic heterocycles. The summed E-state index contributed by atoms with van der Waals surface area (Å²) in [5.41, 5.74) is -16.5. The molecule has 0 spiro atoms. The lowest BCUT2D eigenvalue weighted by molar-refractivity contribution is -0.406.